The van der Waals surface area contributed by atoms with Gasteiger partial charge in [0.15, 0.2) is 6.29 Å². The van der Waals surface area contributed by atoms with Crippen LogP contribution < -0.4 is 0 Å². The minimum atomic E-state index is -0.304. The van der Waals surface area contributed by atoms with Gasteiger partial charge in [0, 0.05) is 5.92 Å². The monoisotopic (exact) mass is 264 g/mol. The summed E-state index contributed by atoms with van der Waals surface area (Å²) in [5.41, 5.74) is 0.877. The smallest absolute Gasteiger partial charge is 0.160 e. The van der Waals surface area contributed by atoms with E-state index in [1.165, 1.54) is 5.56 Å². The van der Waals surface area contributed by atoms with Crippen LogP contribution in [-0.2, 0) is 20.8 Å². The lowest BCUT2D eigenvalue weighted by atomic mass is 10.0. The van der Waals surface area contributed by atoms with Gasteiger partial charge in [0.1, 0.15) is 5.60 Å². The number of benzene rings is 1. The third-order valence-electron chi connectivity index (χ3n) is 3.60. The maximum Gasteiger partial charge on any atom is 0.160 e. The summed E-state index contributed by atoms with van der Waals surface area (Å²) in [5.74, 6) is 0.379. The van der Waals surface area contributed by atoms with Crippen molar-refractivity contribution in [2.24, 2.45) is 5.92 Å². The summed E-state index contributed by atoms with van der Waals surface area (Å²) in [7, 11) is 0. The molecule has 0 saturated carbocycles. The molecule has 1 heterocycles. The maximum atomic E-state index is 6.08. The van der Waals surface area contributed by atoms with E-state index in [0.717, 1.165) is 6.42 Å². The second-order valence-electron chi connectivity index (χ2n) is 5.55. The van der Waals surface area contributed by atoms with Crippen molar-refractivity contribution in [1.82, 2.24) is 0 Å². The Bertz CT molecular complexity index is 367. The first-order valence-corrected chi connectivity index (χ1v) is 7.06. The van der Waals surface area contributed by atoms with Crippen LogP contribution in [0.2, 0.25) is 0 Å². The number of hydrogen-bond donors (Lipinski definition) is 0. The molecule has 19 heavy (non-hydrogen) atoms. The van der Waals surface area contributed by atoms with Gasteiger partial charge >= 0.3 is 0 Å². The van der Waals surface area contributed by atoms with Crippen molar-refractivity contribution < 1.29 is 14.2 Å². The molecular formula is C16H24O3. The van der Waals surface area contributed by atoms with E-state index in [9.17, 15) is 0 Å². The maximum absolute atomic E-state index is 6.08. The van der Waals surface area contributed by atoms with Crippen molar-refractivity contribution >= 4 is 0 Å². The predicted molar refractivity (Wildman–Crippen MR) is 74.8 cm³/mol. The van der Waals surface area contributed by atoms with E-state index in [1.807, 2.05) is 18.2 Å². The normalized spacial score (nSPS) is 27.7. The zero-order valence-corrected chi connectivity index (χ0v) is 12.1. The Balaban J connectivity index is 1.90. The second-order valence-corrected chi connectivity index (χ2v) is 5.55. The average Bonchev–Trinajstić information content (AvgIpc) is 2.46. The highest BCUT2D eigenvalue weighted by atomic mass is 16.7. The van der Waals surface area contributed by atoms with Gasteiger partial charge in [-0.25, -0.2) is 0 Å². The van der Waals surface area contributed by atoms with Gasteiger partial charge < -0.3 is 14.2 Å². The van der Waals surface area contributed by atoms with Crippen molar-refractivity contribution in [3.63, 3.8) is 0 Å². The van der Waals surface area contributed by atoms with E-state index < -0.39 is 0 Å². The van der Waals surface area contributed by atoms with E-state index in [4.69, 9.17) is 14.2 Å². The summed E-state index contributed by atoms with van der Waals surface area (Å²) in [4.78, 5) is 0. The average molecular weight is 264 g/mol. The molecule has 0 N–H and O–H groups in total. The third kappa shape index (κ3) is 3.78. The summed E-state index contributed by atoms with van der Waals surface area (Å²) >= 11 is 0. The van der Waals surface area contributed by atoms with Crippen LogP contribution in [0.25, 0.3) is 0 Å². The fraction of sp³-hybridized carbons (Fsp3) is 0.625. The van der Waals surface area contributed by atoms with Crippen LogP contribution in [0, 0.1) is 5.92 Å². The van der Waals surface area contributed by atoms with E-state index in [1.54, 1.807) is 0 Å². The second kappa shape index (κ2) is 6.51. The highest BCUT2D eigenvalue weighted by molar-refractivity contribution is 5.13. The molecule has 0 atom stereocenters. The molecule has 1 fully saturated rings. The highest BCUT2D eigenvalue weighted by Gasteiger charge is 2.37. The highest BCUT2D eigenvalue weighted by Crippen LogP contribution is 2.27. The van der Waals surface area contributed by atoms with E-state index in [-0.39, 0.29) is 11.9 Å². The van der Waals surface area contributed by atoms with Crippen molar-refractivity contribution in [3.05, 3.63) is 35.9 Å². The van der Waals surface area contributed by atoms with E-state index in [2.05, 4.69) is 32.9 Å². The Morgan fingerprint density at radius 2 is 1.84 bits per heavy atom. The molecule has 0 spiro atoms. The molecule has 1 aliphatic rings. The van der Waals surface area contributed by atoms with Gasteiger partial charge in [0.25, 0.3) is 0 Å². The Labute approximate surface area is 115 Å². The molecule has 2 rings (SSSR count). The first kappa shape index (κ1) is 14.5. The quantitative estimate of drug-likeness (QED) is 0.816. The van der Waals surface area contributed by atoms with Gasteiger partial charge in [-0.2, -0.15) is 0 Å². The molecular weight excluding hydrogens is 240 g/mol. The van der Waals surface area contributed by atoms with Gasteiger partial charge in [-0.1, -0.05) is 51.1 Å². The van der Waals surface area contributed by atoms with Gasteiger partial charge in [0.05, 0.1) is 19.8 Å². The summed E-state index contributed by atoms with van der Waals surface area (Å²) in [6, 6.07) is 10.2. The van der Waals surface area contributed by atoms with Gasteiger partial charge in [-0.05, 0) is 12.0 Å². The minimum absolute atomic E-state index is 0.0972. The Kier molecular flexibility index (Phi) is 4.97. The SMILES string of the molecule is CCC1(OCc2ccccc2)COC(C(C)C)OC1. The molecule has 1 saturated heterocycles. The van der Waals surface area contributed by atoms with Crippen molar-refractivity contribution in [1.29, 1.82) is 0 Å². The van der Waals surface area contributed by atoms with Crippen LogP contribution in [0.5, 0.6) is 0 Å². The zero-order chi connectivity index (χ0) is 13.7. The molecule has 1 aromatic rings. The lowest BCUT2D eigenvalue weighted by molar-refractivity contribution is -0.280. The molecule has 0 amide bonds. The molecule has 3 nitrogen and oxygen atoms in total. The summed E-state index contributed by atoms with van der Waals surface area (Å²) in [6.45, 7) is 8.16. The van der Waals surface area contributed by atoms with Crippen LogP contribution in [0.3, 0.4) is 0 Å². The molecule has 1 aromatic carbocycles. The molecule has 3 heteroatoms. The zero-order valence-electron chi connectivity index (χ0n) is 12.1. The topological polar surface area (TPSA) is 27.7 Å². The van der Waals surface area contributed by atoms with Crippen LogP contribution in [0.1, 0.15) is 32.8 Å². The summed E-state index contributed by atoms with van der Waals surface area (Å²) < 4.78 is 17.7. The van der Waals surface area contributed by atoms with Crippen LogP contribution in [0.4, 0.5) is 0 Å². The lowest BCUT2D eigenvalue weighted by Crippen LogP contribution is -2.50. The van der Waals surface area contributed by atoms with Crippen molar-refractivity contribution in [3.8, 4) is 0 Å². The molecule has 0 unspecified atom stereocenters. The van der Waals surface area contributed by atoms with E-state index in [0.29, 0.717) is 25.7 Å². The number of hydrogen-bond acceptors (Lipinski definition) is 3. The van der Waals surface area contributed by atoms with Gasteiger partial charge in [-0.3, -0.25) is 0 Å². The van der Waals surface area contributed by atoms with Crippen LogP contribution in [-0.4, -0.2) is 25.1 Å². The molecule has 0 bridgehead atoms. The fourth-order valence-corrected chi connectivity index (χ4v) is 2.14. The Morgan fingerprint density at radius 3 is 2.37 bits per heavy atom. The van der Waals surface area contributed by atoms with Crippen LogP contribution in [0.15, 0.2) is 30.3 Å². The minimum Gasteiger partial charge on any atom is -0.366 e. The molecule has 0 aromatic heterocycles. The predicted octanol–water partition coefficient (Wildman–Crippen LogP) is 3.38. The number of rotatable bonds is 5. The standard InChI is InChI=1S/C16H24O3/c1-4-16(11-17-15(13(2)3)18-12-16)19-10-14-8-6-5-7-9-14/h5-9,13,15H,4,10-12H2,1-3H3. The Morgan fingerprint density at radius 1 is 1.21 bits per heavy atom. The molecule has 106 valence electrons. The Hall–Kier alpha value is -0.900. The molecule has 1 aliphatic heterocycles. The van der Waals surface area contributed by atoms with E-state index >= 15 is 0 Å². The van der Waals surface area contributed by atoms with Crippen LogP contribution >= 0.6 is 0 Å². The summed E-state index contributed by atoms with van der Waals surface area (Å²) in [6.07, 6.45) is 0.796. The largest absolute Gasteiger partial charge is 0.366 e. The van der Waals surface area contributed by atoms with Crippen molar-refractivity contribution in [2.45, 2.75) is 45.7 Å². The lowest BCUT2D eigenvalue weighted by Gasteiger charge is -2.40. The summed E-state index contributed by atoms with van der Waals surface area (Å²) in [5, 5.41) is 0. The number of ether oxygens (including phenoxy) is 3. The molecule has 0 aliphatic carbocycles. The molecule has 0 radical (unpaired) electrons. The van der Waals surface area contributed by atoms with Crippen molar-refractivity contribution in [2.75, 3.05) is 13.2 Å². The first-order chi connectivity index (χ1) is 9.15. The van der Waals surface area contributed by atoms with Gasteiger partial charge in [0.2, 0.25) is 0 Å². The first-order valence-electron chi connectivity index (χ1n) is 7.06. The fourth-order valence-electron chi connectivity index (χ4n) is 2.14. The van der Waals surface area contributed by atoms with Gasteiger partial charge in [-0.15, -0.1) is 0 Å². The third-order valence-corrected chi connectivity index (χ3v) is 3.60.